The molecule has 0 fully saturated rings. The summed E-state index contributed by atoms with van der Waals surface area (Å²) in [5, 5.41) is 2.32. The topological polar surface area (TPSA) is 52.0 Å². The zero-order chi connectivity index (χ0) is 11.7. The van der Waals surface area contributed by atoms with Crippen molar-refractivity contribution in [2.24, 2.45) is 0 Å². The molecule has 0 aromatic heterocycles. The molecule has 0 saturated carbocycles. The van der Waals surface area contributed by atoms with E-state index in [9.17, 15) is 0 Å². The van der Waals surface area contributed by atoms with Gasteiger partial charge in [0, 0.05) is 5.39 Å². The van der Waals surface area contributed by atoms with Gasteiger partial charge in [0.2, 0.25) is 0 Å². The minimum atomic E-state index is 0.669. The van der Waals surface area contributed by atoms with Crippen molar-refractivity contribution < 1.29 is 0 Å². The van der Waals surface area contributed by atoms with E-state index < -0.39 is 0 Å². The van der Waals surface area contributed by atoms with Gasteiger partial charge in [-0.25, -0.2) is 0 Å². The highest BCUT2D eigenvalue weighted by Crippen LogP contribution is 2.30. The third-order valence-corrected chi connectivity index (χ3v) is 3.15. The number of anilines is 2. The van der Waals surface area contributed by atoms with Gasteiger partial charge in [-0.3, -0.25) is 0 Å². The molecule has 0 aliphatic carbocycles. The standard InChI is InChI=1S/C14H18N2/c1-3-9-7-10(4-2)11-5-6-13(15)14(16)12(11)8-9/h5-8H,3-4,15-16H2,1-2H3. The number of hydrogen-bond donors (Lipinski definition) is 2. The summed E-state index contributed by atoms with van der Waals surface area (Å²) in [5.41, 5.74) is 15.9. The summed E-state index contributed by atoms with van der Waals surface area (Å²) in [5.74, 6) is 0. The van der Waals surface area contributed by atoms with Crippen LogP contribution in [-0.2, 0) is 12.8 Å². The Morgan fingerprint density at radius 3 is 2.31 bits per heavy atom. The Balaban J connectivity index is 2.84. The SMILES string of the molecule is CCc1cc(CC)c2ccc(N)c(N)c2c1. The van der Waals surface area contributed by atoms with Crippen molar-refractivity contribution in [1.82, 2.24) is 0 Å². The van der Waals surface area contributed by atoms with Crippen LogP contribution >= 0.6 is 0 Å². The first kappa shape index (κ1) is 10.8. The van der Waals surface area contributed by atoms with Crippen LogP contribution in [0, 0.1) is 0 Å². The summed E-state index contributed by atoms with van der Waals surface area (Å²) in [6, 6.07) is 8.37. The van der Waals surface area contributed by atoms with Gasteiger partial charge >= 0.3 is 0 Å². The molecule has 2 rings (SSSR count). The summed E-state index contributed by atoms with van der Waals surface area (Å²) in [6.07, 6.45) is 2.05. The van der Waals surface area contributed by atoms with E-state index in [0.717, 1.165) is 18.2 Å². The lowest BCUT2D eigenvalue weighted by molar-refractivity contribution is 1.10. The van der Waals surface area contributed by atoms with Gasteiger partial charge < -0.3 is 11.5 Å². The molecule has 0 heterocycles. The second-order valence-corrected chi connectivity index (χ2v) is 4.13. The van der Waals surface area contributed by atoms with E-state index in [1.807, 2.05) is 6.07 Å². The molecule has 0 spiro atoms. The van der Waals surface area contributed by atoms with Gasteiger partial charge in [-0.2, -0.15) is 0 Å². The van der Waals surface area contributed by atoms with E-state index in [-0.39, 0.29) is 0 Å². The molecule has 0 bridgehead atoms. The summed E-state index contributed by atoms with van der Waals surface area (Å²) >= 11 is 0. The van der Waals surface area contributed by atoms with Crippen molar-refractivity contribution in [1.29, 1.82) is 0 Å². The Morgan fingerprint density at radius 2 is 1.69 bits per heavy atom. The van der Waals surface area contributed by atoms with Crippen molar-refractivity contribution in [3.63, 3.8) is 0 Å². The maximum absolute atomic E-state index is 6.04. The first-order chi connectivity index (χ1) is 7.67. The zero-order valence-corrected chi connectivity index (χ0v) is 9.88. The maximum Gasteiger partial charge on any atom is 0.0627 e. The summed E-state index contributed by atoms with van der Waals surface area (Å²) in [7, 11) is 0. The van der Waals surface area contributed by atoms with Gasteiger partial charge in [-0.05, 0) is 41.5 Å². The smallest absolute Gasteiger partial charge is 0.0627 e. The average Bonchev–Trinajstić information content (AvgIpc) is 2.32. The van der Waals surface area contributed by atoms with Crippen molar-refractivity contribution in [3.8, 4) is 0 Å². The van der Waals surface area contributed by atoms with Crippen LogP contribution < -0.4 is 11.5 Å². The first-order valence-corrected chi connectivity index (χ1v) is 5.76. The Hall–Kier alpha value is -1.70. The van der Waals surface area contributed by atoms with Crippen LogP contribution in [0.1, 0.15) is 25.0 Å². The summed E-state index contributed by atoms with van der Waals surface area (Å²) < 4.78 is 0. The van der Waals surface area contributed by atoms with Gasteiger partial charge in [0.05, 0.1) is 11.4 Å². The van der Waals surface area contributed by atoms with Gasteiger partial charge in [0.15, 0.2) is 0 Å². The number of nitrogens with two attached hydrogens (primary N) is 2. The number of hydrogen-bond acceptors (Lipinski definition) is 2. The van der Waals surface area contributed by atoms with E-state index in [0.29, 0.717) is 11.4 Å². The Kier molecular flexibility index (Phi) is 2.73. The fourth-order valence-electron chi connectivity index (χ4n) is 2.11. The van der Waals surface area contributed by atoms with Gasteiger partial charge in [0.25, 0.3) is 0 Å². The van der Waals surface area contributed by atoms with Crippen molar-refractivity contribution in [2.45, 2.75) is 26.7 Å². The largest absolute Gasteiger partial charge is 0.397 e. The molecular formula is C14H18N2. The van der Waals surface area contributed by atoms with Crippen LogP contribution in [-0.4, -0.2) is 0 Å². The lowest BCUT2D eigenvalue weighted by Gasteiger charge is -2.11. The van der Waals surface area contributed by atoms with Crippen LogP contribution in [0.2, 0.25) is 0 Å². The van der Waals surface area contributed by atoms with Crippen molar-refractivity contribution in [3.05, 3.63) is 35.4 Å². The minimum Gasteiger partial charge on any atom is -0.397 e. The van der Waals surface area contributed by atoms with Crippen molar-refractivity contribution in [2.75, 3.05) is 11.5 Å². The Bertz CT molecular complexity index is 530. The lowest BCUT2D eigenvalue weighted by atomic mass is 9.96. The molecule has 0 saturated heterocycles. The molecule has 2 heteroatoms. The third-order valence-electron chi connectivity index (χ3n) is 3.15. The molecule has 0 amide bonds. The van der Waals surface area contributed by atoms with Crippen LogP contribution in [0.5, 0.6) is 0 Å². The highest BCUT2D eigenvalue weighted by molar-refractivity contribution is 6.00. The molecule has 4 N–H and O–H groups in total. The summed E-state index contributed by atoms with van der Waals surface area (Å²) in [6.45, 7) is 4.32. The fourth-order valence-corrected chi connectivity index (χ4v) is 2.11. The fraction of sp³-hybridized carbons (Fsp3) is 0.286. The molecule has 2 aromatic rings. The van der Waals surface area contributed by atoms with E-state index in [1.54, 1.807) is 0 Å². The van der Waals surface area contributed by atoms with Gasteiger partial charge in [-0.1, -0.05) is 26.0 Å². The van der Waals surface area contributed by atoms with Crippen LogP contribution in [0.4, 0.5) is 11.4 Å². The predicted octanol–water partition coefficient (Wildman–Crippen LogP) is 3.13. The monoisotopic (exact) mass is 214 g/mol. The number of fused-ring (bicyclic) bond motifs is 1. The predicted molar refractivity (Wildman–Crippen MR) is 71.5 cm³/mol. The minimum absolute atomic E-state index is 0.669. The number of rotatable bonds is 2. The second kappa shape index (κ2) is 4.05. The van der Waals surface area contributed by atoms with Crippen LogP contribution in [0.15, 0.2) is 24.3 Å². The van der Waals surface area contributed by atoms with Gasteiger partial charge in [-0.15, -0.1) is 0 Å². The Labute approximate surface area is 96.3 Å². The molecule has 2 aromatic carbocycles. The summed E-state index contributed by atoms with van der Waals surface area (Å²) in [4.78, 5) is 0. The molecule has 84 valence electrons. The van der Waals surface area contributed by atoms with E-state index in [2.05, 4.69) is 32.0 Å². The number of nitrogen functional groups attached to an aromatic ring is 2. The van der Waals surface area contributed by atoms with E-state index >= 15 is 0 Å². The third kappa shape index (κ3) is 1.60. The molecular weight excluding hydrogens is 196 g/mol. The second-order valence-electron chi connectivity index (χ2n) is 4.13. The molecule has 0 atom stereocenters. The van der Waals surface area contributed by atoms with E-state index in [1.165, 1.54) is 16.5 Å². The Morgan fingerprint density at radius 1 is 0.938 bits per heavy atom. The molecule has 0 aliphatic rings. The number of benzene rings is 2. The van der Waals surface area contributed by atoms with Crippen molar-refractivity contribution >= 4 is 22.1 Å². The molecule has 0 unspecified atom stereocenters. The molecule has 16 heavy (non-hydrogen) atoms. The first-order valence-electron chi connectivity index (χ1n) is 5.76. The number of aryl methyl sites for hydroxylation is 2. The zero-order valence-electron chi connectivity index (χ0n) is 9.88. The molecule has 0 radical (unpaired) electrons. The van der Waals surface area contributed by atoms with Crippen LogP contribution in [0.3, 0.4) is 0 Å². The normalized spacial score (nSPS) is 10.9. The highest BCUT2D eigenvalue weighted by Gasteiger charge is 2.06. The lowest BCUT2D eigenvalue weighted by Crippen LogP contribution is -1.98. The van der Waals surface area contributed by atoms with Gasteiger partial charge in [0.1, 0.15) is 0 Å². The molecule has 2 nitrogen and oxygen atoms in total. The quantitative estimate of drug-likeness (QED) is 0.755. The maximum atomic E-state index is 6.04. The average molecular weight is 214 g/mol. The highest BCUT2D eigenvalue weighted by atomic mass is 14.7. The molecule has 0 aliphatic heterocycles. The van der Waals surface area contributed by atoms with E-state index in [4.69, 9.17) is 11.5 Å². The van der Waals surface area contributed by atoms with Crippen LogP contribution in [0.25, 0.3) is 10.8 Å².